The van der Waals surface area contributed by atoms with E-state index in [0.717, 1.165) is 29.2 Å². The van der Waals surface area contributed by atoms with Crippen LogP contribution < -0.4 is 10.2 Å². The molecule has 1 aromatic heterocycles. The molecule has 174 valence electrons. The Hall–Kier alpha value is -2.84. The fourth-order valence-electron chi connectivity index (χ4n) is 3.74. The molecule has 1 aromatic carbocycles. The van der Waals surface area contributed by atoms with Crippen molar-refractivity contribution in [1.29, 1.82) is 0 Å². The van der Waals surface area contributed by atoms with Gasteiger partial charge in [-0.3, -0.25) is 0 Å². The van der Waals surface area contributed by atoms with E-state index in [9.17, 15) is 18.0 Å². The van der Waals surface area contributed by atoms with E-state index >= 15 is 0 Å². The maximum Gasteiger partial charge on any atom is 0.416 e. The van der Waals surface area contributed by atoms with E-state index in [0.29, 0.717) is 38.2 Å². The number of nitrogens with zero attached hydrogens (tertiary/aromatic N) is 4. The number of anilines is 1. The van der Waals surface area contributed by atoms with E-state index in [-0.39, 0.29) is 17.4 Å². The molecule has 0 saturated carbocycles. The van der Waals surface area contributed by atoms with Gasteiger partial charge in [-0.15, -0.1) is 0 Å². The van der Waals surface area contributed by atoms with Crippen LogP contribution in [0.4, 0.5) is 23.8 Å². The monoisotopic (exact) mass is 449 g/mol. The average molecular weight is 450 g/mol. The summed E-state index contributed by atoms with van der Waals surface area (Å²) in [5.74, 6) is 0.997. The van der Waals surface area contributed by atoms with Crippen LogP contribution in [0.3, 0.4) is 0 Å². The van der Waals surface area contributed by atoms with Gasteiger partial charge in [-0.05, 0) is 46.2 Å². The smallest absolute Gasteiger partial charge is 0.353 e. The topological polar surface area (TPSA) is 61.4 Å². The predicted molar refractivity (Wildman–Crippen MR) is 119 cm³/mol. The van der Waals surface area contributed by atoms with Gasteiger partial charge in [0.1, 0.15) is 5.82 Å². The first-order valence-corrected chi connectivity index (χ1v) is 10.8. The Morgan fingerprint density at radius 2 is 1.75 bits per heavy atom. The quantitative estimate of drug-likeness (QED) is 0.740. The molecule has 1 N–H and O–H groups in total. The first-order chi connectivity index (χ1) is 14.9. The van der Waals surface area contributed by atoms with Crippen molar-refractivity contribution in [2.45, 2.75) is 52.8 Å². The fourth-order valence-corrected chi connectivity index (χ4v) is 3.74. The molecule has 0 atom stereocenters. The van der Waals surface area contributed by atoms with Crippen molar-refractivity contribution in [1.82, 2.24) is 20.2 Å². The summed E-state index contributed by atoms with van der Waals surface area (Å²) >= 11 is 0. The molecule has 1 aliphatic rings. The lowest BCUT2D eigenvalue weighted by atomic mass is 10.1. The molecule has 0 bridgehead atoms. The first-order valence-electron chi connectivity index (χ1n) is 10.8. The second-order valence-electron chi connectivity index (χ2n) is 9.02. The number of alkyl halides is 3. The molecular formula is C23H30F3N5O. The largest absolute Gasteiger partial charge is 0.416 e. The van der Waals surface area contributed by atoms with Gasteiger partial charge in [0.25, 0.3) is 0 Å². The number of halogens is 3. The normalized spacial score (nSPS) is 15.1. The van der Waals surface area contributed by atoms with Gasteiger partial charge in [0, 0.05) is 48.5 Å². The van der Waals surface area contributed by atoms with E-state index in [4.69, 9.17) is 0 Å². The summed E-state index contributed by atoms with van der Waals surface area (Å²) in [7, 11) is 0. The highest BCUT2D eigenvalue weighted by Gasteiger charge is 2.31. The summed E-state index contributed by atoms with van der Waals surface area (Å²) < 4.78 is 39.5. The maximum atomic E-state index is 13.2. The number of piperazine rings is 1. The number of aromatic nitrogens is 2. The molecule has 2 amide bonds. The molecular weight excluding hydrogens is 419 g/mol. The van der Waals surface area contributed by atoms with Gasteiger partial charge in [-0.25, -0.2) is 14.8 Å². The van der Waals surface area contributed by atoms with Crippen LogP contribution in [-0.2, 0) is 12.6 Å². The van der Waals surface area contributed by atoms with Gasteiger partial charge in [0.05, 0.1) is 5.56 Å². The third kappa shape index (κ3) is 5.49. The highest BCUT2D eigenvalue weighted by molar-refractivity contribution is 5.75. The summed E-state index contributed by atoms with van der Waals surface area (Å²) in [5.41, 5.74) is 1.00. The number of urea groups is 1. The zero-order valence-electron chi connectivity index (χ0n) is 19.2. The minimum atomic E-state index is -4.43. The molecule has 2 heterocycles. The minimum absolute atomic E-state index is 0.101. The Morgan fingerprint density at radius 1 is 1.09 bits per heavy atom. The Labute approximate surface area is 186 Å². The van der Waals surface area contributed by atoms with Crippen LogP contribution in [0.25, 0.3) is 11.4 Å². The zero-order chi connectivity index (χ0) is 23.7. The molecule has 1 saturated heterocycles. The first kappa shape index (κ1) is 23.8. The van der Waals surface area contributed by atoms with E-state index in [1.54, 1.807) is 11.0 Å². The number of hydrogen-bond acceptors (Lipinski definition) is 4. The minimum Gasteiger partial charge on any atom is -0.353 e. The molecule has 2 aromatic rings. The molecule has 1 aliphatic heterocycles. The second kappa shape index (κ2) is 8.96. The van der Waals surface area contributed by atoms with Gasteiger partial charge < -0.3 is 15.1 Å². The summed E-state index contributed by atoms with van der Waals surface area (Å²) in [4.78, 5) is 25.5. The Kier molecular flexibility index (Phi) is 6.67. The standard InChI is InChI=1S/C23H30F3N5O/c1-6-18-15(2)27-19(16-8-7-9-17(14-16)23(24,25)26)28-20(18)30-10-12-31(13-11-30)21(32)29-22(3,4)5/h7-9,14H,6,10-13H2,1-5H3,(H,29,32). The van der Waals surface area contributed by atoms with Crippen molar-refractivity contribution in [2.24, 2.45) is 0 Å². The number of aryl methyl sites for hydroxylation is 1. The van der Waals surface area contributed by atoms with Crippen LogP contribution >= 0.6 is 0 Å². The van der Waals surface area contributed by atoms with Crippen molar-refractivity contribution >= 4 is 11.8 Å². The summed E-state index contributed by atoms with van der Waals surface area (Å²) in [6.07, 6.45) is -3.73. The third-order valence-electron chi connectivity index (χ3n) is 5.34. The number of rotatable bonds is 3. The van der Waals surface area contributed by atoms with Crippen molar-refractivity contribution < 1.29 is 18.0 Å². The number of carbonyl (C=O) groups excluding carboxylic acids is 1. The molecule has 0 unspecified atom stereocenters. The van der Waals surface area contributed by atoms with Gasteiger partial charge >= 0.3 is 12.2 Å². The highest BCUT2D eigenvalue weighted by atomic mass is 19.4. The van der Waals surface area contributed by atoms with Crippen LogP contribution in [0.15, 0.2) is 24.3 Å². The lowest BCUT2D eigenvalue weighted by Gasteiger charge is -2.37. The Balaban J connectivity index is 1.87. The van der Waals surface area contributed by atoms with Gasteiger partial charge in [-0.1, -0.05) is 19.1 Å². The third-order valence-corrected chi connectivity index (χ3v) is 5.34. The SMILES string of the molecule is CCc1c(C)nc(-c2cccc(C(F)(F)F)c2)nc1N1CCN(C(=O)NC(C)(C)C)CC1. The van der Waals surface area contributed by atoms with Crippen LogP contribution in [-0.4, -0.2) is 52.6 Å². The summed E-state index contributed by atoms with van der Waals surface area (Å²) in [6, 6.07) is 4.99. The van der Waals surface area contributed by atoms with Crippen LogP contribution in [0, 0.1) is 6.92 Å². The van der Waals surface area contributed by atoms with Crippen LogP contribution in [0.2, 0.25) is 0 Å². The van der Waals surface area contributed by atoms with Gasteiger partial charge in [0.15, 0.2) is 5.82 Å². The number of hydrogen-bond donors (Lipinski definition) is 1. The van der Waals surface area contributed by atoms with Crippen molar-refractivity contribution in [3.8, 4) is 11.4 Å². The number of nitrogens with one attached hydrogen (secondary N) is 1. The summed E-state index contributed by atoms with van der Waals surface area (Å²) in [6.45, 7) is 11.9. The van der Waals surface area contributed by atoms with E-state index < -0.39 is 11.7 Å². The van der Waals surface area contributed by atoms with Crippen LogP contribution in [0.1, 0.15) is 44.5 Å². The number of benzene rings is 1. The lowest BCUT2D eigenvalue weighted by Crippen LogP contribution is -2.55. The van der Waals surface area contributed by atoms with E-state index in [1.807, 2.05) is 34.6 Å². The van der Waals surface area contributed by atoms with Crippen LogP contribution in [0.5, 0.6) is 0 Å². The van der Waals surface area contributed by atoms with Crippen molar-refractivity contribution in [2.75, 3.05) is 31.1 Å². The molecule has 3 rings (SSSR count). The molecule has 0 radical (unpaired) electrons. The molecule has 6 nitrogen and oxygen atoms in total. The Bertz CT molecular complexity index is 977. The summed E-state index contributed by atoms with van der Waals surface area (Å²) in [5, 5.41) is 2.97. The van der Waals surface area contributed by atoms with Gasteiger partial charge in [-0.2, -0.15) is 13.2 Å². The highest BCUT2D eigenvalue weighted by Crippen LogP contribution is 2.32. The molecule has 1 fully saturated rings. The lowest BCUT2D eigenvalue weighted by molar-refractivity contribution is -0.137. The number of amides is 2. The molecule has 0 aliphatic carbocycles. The second-order valence-corrected chi connectivity index (χ2v) is 9.02. The number of carbonyl (C=O) groups is 1. The van der Waals surface area contributed by atoms with Crippen molar-refractivity contribution in [3.63, 3.8) is 0 Å². The zero-order valence-corrected chi connectivity index (χ0v) is 19.2. The van der Waals surface area contributed by atoms with E-state index in [2.05, 4.69) is 20.2 Å². The average Bonchev–Trinajstić information content (AvgIpc) is 2.71. The Morgan fingerprint density at radius 3 is 2.31 bits per heavy atom. The fraction of sp³-hybridized carbons (Fsp3) is 0.522. The molecule has 9 heteroatoms. The predicted octanol–water partition coefficient (Wildman–Crippen LogP) is 4.66. The maximum absolute atomic E-state index is 13.2. The molecule has 32 heavy (non-hydrogen) atoms. The van der Waals surface area contributed by atoms with E-state index in [1.165, 1.54) is 6.07 Å². The van der Waals surface area contributed by atoms with Crippen molar-refractivity contribution in [3.05, 3.63) is 41.1 Å². The van der Waals surface area contributed by atoms with Gasteiger partial charge in [0.2, 0.25) is 0 Å². The molecule has 0 spiro atoms.